The highest BCUT2D eigenvalue weighted by molar-refractivity contribution is 9.12. The predicted molar refractivity (Wildman–Crippen MR) is 101 cm³/mol. The fourth-order valence-electron chi connectivity index (χ4n) is 2.67. The molecule has 0 bridgehead atoms. The Bertz CT molecular complexity index is 669. The zero-order valence-corrected chi connectivity index (χ0v) is 15.2. The molecule has 22 heavy (non-hydrogen) atoms. The first-order valence-corrected chi connectivity index (χ1v) is 8.93. The largest absolute Gasteiger partial charge is 0.0920 e. The van der Waals surface area contributed by atoms with Crippen molar-refractivity contribution in [3.05, 3.63) is 108 Å². The molecule has 0 nitrogen and oxygen atoms in total. The third-order valence-electron chi connectivity index (χ3n) is 3.83. The van der Waals surface area contributed by atoms with Gasteiger partial charge in [0.2, 0.25) is 0 Å². The second-order valence-corrected chi connectivity index (χ2v) is 7.38. The van der Waals surface area contributed by atoms with Crippen molar-refractivity contribution in [1.29, 1.82) is 0 Å². The molecule has 110 valence electrons. The molecule has 0 aromatic heterocycles. The number of hydrogen-bond acceptors (Lipinski definition) is 0. The third kappa shape index (κ3) is 2.90. The van der Waals surface area contributed by atoms with Gasteiger partial charge >= 0.3 is 0 Å². The highest BCUT2D eigenvalue weighted by Gasteiger charge is 2.39. The van der Waals surface area contributed by atoms with Crippen molar-refractivity contribution in [3.8, 4) is 0 Å². The molecule has 3 aromatic rings. The number of alkyl halides is 2. The maximum Gasteiger partial charge on any atom is 0.0920 e. The van der Waals surface area contributed by atoms with Crippen LogP contribution >= 0.6 is 31.9 Å². The SMILES string of the molecule is BrC(c1ccccc1)C(Br)(c1ccccc1)c1ccccc1. The van der Waals surface area contributed by atoms with E-state index in [1.165, 1.54) is 16.7 Å². The number of benzene rings is 3. The van der Waals surface area contributed by atoms with E-state index in [-0.39, 0.29) is 9.15 Å². The van der Waals surface area contributed by atoms with Crippen LogP contribution in [0.3, 0.4) is 0 Å². The minimum absolute atomic E-state index is 0.117. The average molecular weight is 416 g/mol. The van der Waals surface area contributed by atoms with Gasteiger partial charge in [-0.15, -0.1) is 0 Å². The molecule has 0 saturated heterocycles. The van der Waals surface area contributed by atoms with Gasteiger partial charge in [-0.25, -0.2) is 0 Å². The number of halogens is 2. The Labute approximate surface area is 148 Å². The van der Waals surface area contributed by atoms with Crippen LogP contribution in [0.1, 0.15) is 21.5 Å². The molecular formula is C20H16Br2. The van der Waals surface area contributed by atoms with Crippen LogP contribution in [0, 0.1) is 0 Å². The summed E-state index contributed by atoms with van der Waals surface area (Å²) in [4.78, 5) is 0.117. The molecule has 0 aliphatic rings. The monoisotopic (exact) mass is 414 g/mol. The summed E-state index contributed by atoms with van der Waals surface area (Å²) in [5, 5.41) is 0. The minimum Gasteiger partial charge on any atom is -0.0816 e. The van der Waals surface area contributed by atoms with E-state index in [9.17, 15) is 0 Å². The van der Waals surface area contributed by atoms with E-state index in [2.05, 4.69) is 105 Å². The second-order valence-electron chi connectivity index (χ2n) is 5.22. The Hall–Kier alpha value is -1.38. The predicted octanol–water partition coefficient (Wildman–Crippen LogP) is 6.46. The van der Waals surface area contributed by atoms with Gasteiger partial charge in [0.1, 0.15) is 0 Å². The van der Waals surface area contributed by atoms with E-state index in [1.54, 1.807) is 0 Å². The van der Waals surface area contributed by atoms with Gasteiger partial charge in [0.25, 0.3) is 0 Å². The Balaban J connectivity index is 2.16. The summed E-state index contributed by atoms with van der Waals surface area (Å²) in [6, 6.07) is 31.6. The summed E-state index contributed by atoms with van der Waals surface area (Å²) in [5.74, 6) is 0. The van der Waals surface area contributed by atoms with Crippen molar-refractivity contribution in [2.75, 3.05) is 0 Å². The molecule has 0 spiro atoms. The van der Waals surface area contributed by atoms with E-state index < -0.39 is 0 Å². The highest BCUT2D eigenvalue weighted by Crippen LogP contribution is 2.52. The minimum atomic E-state index is -0.323. The normalized spacial score (nSPS) is 12.8. The summed E-state index contributed by atoms with van der Waals surface area (Å²) in [7, 11) is 0. The van der Waals surface area contributed by atoms with Gasteiger partial charge in [0.15, 0.2) is 0 Å². The van der Waals surface area contributed by atoms with Crippen LogP contribution in [0.4, 0.5) is 0 Å². The van der Waals surface area contributed by atoms with E-state index in [0.29, 0.717) is 0 Å². The Morgan fingerprint density at radius 2 is 0.955 bits per heavy atom. The lowest BCUT2D eigenvalue weighted by atomic mass is 9.85. The van der Waals surface area contributed by atoms with Crippen molar-refractivity contribution < 1.29 is 0 Å². The van der Waals surface area contributed by atoms with Crippen molar-refractivity contribution >= 4 is 31.9 Å². The fourth-order valence-corrected chi connectivity index (χ4v) is 4.30. The Kier molecular flexibility index (Phi) is 4.80. The van der Waals surface area contributed by atoms with E-state index >= 15 is 0 Å². The molecule has 0 saturated carbocycles. The zero-order valence-electron chi connectivity index (χ0n) is 12.0. The molecule has 0 heterocycles. The van der Waals surface area contributed by atoms with Crippen LogP contribution < -0.4 is 0 Å². The van der Waals surface area contributed by atoms with Crippen molar-refractivity contribution in [1.82, 2.24) is 0 Å². The van der Waals surface area contributed by atoms with Gasteiger partial charge in [-0.2, -0.15) is 0 Å². The molecular weight excluding hydrogens is 400 g/mol. The first-order valence-electron chi connectivity index (χ1n) is 7.22. The Morgan fingerprint density at radius 1 is 0.591 bits per heavy atom. The first-order chi connectivity index (χ1) is 10.7. The van der Waals surface area contributed by atoms with E-state index in [1.807, 2.05) is 18.2 Å². The van der Waals surface area contributed by atoms with Crippen molar-refractivity contribution in [3.63, 3.8) is 0 Å². The number of rotatable bonds is 4. The van der Waals surface area contributed by atoms with Gasteiger partial charge in [0, 0.05) is 0 Å². The lowest BCUT2D eigenvalue weighted by molar-refractivity contribution is 0.744. The van der Waals surface area contributed by atoms with Gasteiger partial charge in [0.05, 0.1) is 9.15 Å². The summed E-state index contributed by atoms with van der Waals surface area (Å²) < 4.78 is -0.323. The summed E-state index contributed by atoms with van der Waals surface area (Å²) in [6.07, 6.45) is 0. The smallest absolute Gasteiger partial charge is 0.0816 e. The lowest BCUT2D eigenvalue weighted by Crippen LogP contribution is -2.25. The first kappa shape index (κ1) is 15.5. The lowest BCUT2D eigenvalue weighted by Gasteiger charge is -2.34. The summed E-state index contributed by atoms with van der Waals surface area (Å²) >= 11 is 7.99. The quantitative estimate of drug-likeness (QED) is 0.429. The zero-order chi connectivity index (χ0) is 15.4. The average Bonchev–Trinajstić information content (AvgIpc) is 2.62. The molecule has 0 N–H and O–H groups in total. The molecule has 1 unspecified atom stereocenters. The standard InChI is InChI=1S/C20H16Br2/c21-19(16-10-4-1-5-11-16)20(22,17-12-6-2-7-13-17)18-14-8-3-9-15-18/h1-15,19H. The highest BCUT2D eigenvalue weighted by atomic mass is 79.9. The van der Waals surface area contributed by atoms with Gasteiger partial charge in [-0.05, 0) is 16.7 Å². The summed E-state index contributed by atoms with van der Waals surface area (Å²) in [6.45, 7) is 0. The molecule has 0 amide bonds. The van der Waals surface area contributed by atoms with Crippen LogP contribution in [-0.4, -0.2) is 0 Å². The molecule has 2 heteroatoms. The second kappa shape index (κ2) is 6.80. The van der Waals surface area contributed by atoms with Gasteiger partial charge < -0.3 is 0 Å². The van der Waals surface area contributed by atoms with Gasteiger partial charge in [-0.3, -0.25) is 0 Å². The van der Waals surface area contributed by atoms with Crippen LogP contribution in [0.2, 0.25) is 0 Å². The van der Waals surface area contributed by atoms with Crippen LogP contribution in [0.5, 0.6) is 0 Å². The maximum absolute atomic E-state index is 4.06. The van der Waals surface area contributed by atoms with Crippen LogP contribution in [0.15, 0.2) is 91.0 Å². The van der Waals surface area contributed by atoms with E-state index in [0.717, 1.165) is 0 Å². The molecule has 3 rings (SSSR count). The van der Waals surface area contributed by atoms with Crippen molar-refractivity contribution in [2.24, 2.45) is 0 Å². The molecule has 1 atom stereocenters. The molecule has 0 fully saturated rings. The maximum atomic E-state index is 4.06. The molecule has 3 aromatic carbocycles. The molecule has 0 aliphatic heterocycles. The molecule has 0 aliphatic carbocycles. The topological polar surface area (TPSA) is 0 Å². The third-order valence-corrected chi connectivity index (χ3v) is 7.03. The van der Waals surface area contributed by atoms with Crippen LogP contribution in [0.25, 0.3) is 0 Å². The van der Waals surface area contributed by atoms with Crippen molar-refractivity contribution in [2.45, 2.75) is 9.15 Å². The number of hydrogen-bond donors (Lipinski definition) is 0. The Morgan fingerprint density at radius 3 is 1.36 bits per heavy atom. The van der Waals surface area contributed by atoms with Gasteiger partial charge in [-0.1, -0.05) is 123 Å². The summed E-state index contributed by atoms with van der Waals surface area (Å²) in [5.41, 5.74) is 3.70. The van der Waals surface area contributed by atoms with E-state index in [4.69, 9.17) is 0 Å². The van der Waals surface area contributed by atoms with Crippen LogP contribution in [-0.2, 0) is 4.32 Å². The fraction of sp³-hybridized carbons (Fsp3) is 0.100. The molecule has 0 radical (unpaired) electrons.